The zero-order valence-corrected chi connectivity index (χ0v) is 9.92. The molecule has 18 heavy (non-hydrogen) atoms. The topological polar surface area (TPSA) is 38.3 Å². The summed E-state index contributed by atoms with van der Waals surface area (Å²) in [7, 11) is 0. The lowest BCUT2D eigenvalue weighted by molar-refractivity contribution is 0.0955. The molecule has 5 heteroatoms. The predicted molar refractivity (Wildman–Crippen MR) is 62.5 cm³/mol. The average Bonchev–Trinajstić information content (AvgIpc) is 2.85. The molecule has 1 aliphatic heterocycles. The van der Waals surface area contributed by atoms with Crippen LogP contribution in [0.2, 0.25) is 0 Å². The summed E-state index contributed by atoms with van der Waals surface area (Å²) in [5.74, 6) is -2.20. The van der Waals surface area contributed by atoms with E-state index in [-0.39, 0.29) is 24.0 Å². The summed E-state index contributed by atoms with van der Waals surface area (Å²) < 4.78 is 31.0. The normalized spacial score (nSPS) is 19.1. The Kier molecular flexibility index (Phi) is 4.38. The fourth-order valence-electron chi connectivity index (χ4n) is 1.92. The molecule has 1 atom stereocenters. The molecule has 1 unspecified atom stereocenters. The smallest absolute Gasteiger partial charge is 0.176 e. The van der Waals surface area contributed by atoms with Crippen LogP contribution in [0.15, 0.2) is 18.2 Å². The Bertz CT molecular complexity index is 431. The Morgan fingerprint density at radius 2 is 2.22 bits per heavy atom. The molecule has 1 N–H and O–H groups in total. The molecule has 98 valence electrons. The van der Waals surface area contributed by atoms with E-state index in [0.29, 0.717) is 6.54 Å². The van der Waals surface area contributed by atoms with Gasteiger partial charge in [0.1, 0.15) is 0 Å². The van der Waals surface area contributed by atoms with Crippen LogP contribution in [0.3, 0.4) is 0 Å². The lowest BCUT2D eigenvalue weighted by Crippen LogP contribution is -2.30. The summed E-state index contributed by atoms with van der Waals surface area (Å²) in [5, 5.41) is 2.97. The largest absolute Gasteiger partial charge is 0.377 e. The molecule has 1 saturated heterocycles. The van der Waals surface area contributed by atoms with Crippen molar-refractivity contribution in [1.82, 2.24) is 5.32 Å². The van der Waals surface area contributed by atoms with Crippen LogP contribution in [-0.4, -0.2) is 31.6 Å². The number of halogens is 2. The molecule has 0 bridgehead atoms. The number of nitrogens with one attached hydrogen (secondary N) is 1. The Hall–Kier alpha value is -1.33. The van der Waals surface area contributed by atoms with Crippen LogP contribution in [0.5, 0.6) is 0 Å². The Morgan fingerprint density at radius 3 is 2.89 bits per heavy atom. The minimum atomic E-state index is -1.00. The van der Waals surface area contributed by atoms with Crippen molar-refractivity contribution in [3.05, 3.63) is 35.4 Å². The van der Waals surface area contributed by atoms with Crippen LogP contribution in [0, 0.1) is 11.6 Å². The number of benzene rings is 1. The van der Waals surface area contributed by atoms with Gasteiger partial charge in [-0.05, 0) is 31.0 Å². The van der Waals surface area contributed by atoms with Crippen molar-refractivity contribution in [2.24, 2.45) is 0 Å². The maximum Gasteiger partial charge on any atom is 0.176 e. The van der Waals surface area contributed by atoms with Gasteiger partial charge in [-0.2, -0.15) is 0 Å². The first-order valence-corrected chi connectivity index (χ1v) is 5.97. The highest BCUT2D eigenvalue weighted by Crippen LogP contribution is 2.11. The van der Waals surface area contributed by atoms with E-state index < -0.39 is 11.6 Å². The Labute approximate surface area is 104 Å². The lowest BCUT2D eigenvalue weighted by Gasteiger charge is -2.10. The van der Waals surface area contributed by atoms with Gasteiger partial charge in [-0.15, -0.1) is 0 Å². The molecule has 3 nitrogen and oxygen atoms in total. The molecule has 0 spiro atoms. The van der Waals surface area contributed by atoms with Crippen LogP contribution >= 0.6 is 0 Å². The Balaban J connectivity index is 1.81. The van der Waals surface area contributed by atoms with E-state index in [1.54, 1.807) is 0 Å². The van der Waals surface area contributed by atoms with Crippen LogP contribution in [0.4, 0.5) is 8.78 Å². The summed E-state index contributed by atoms with van der Waals surface area (Å²) in [5.41, 5.74) is 0.175. The second kappa shape index (κ2) is 6.02. The van der Waals surface area contributed by atoms with Gasteiger partial charge in [0.2, 0.25) is 0 Å². The third-order valence-corrected chi connectivity index (χ3v) is 2.92. The van der Waals surface area contributed by atoms with Crippen molar-refractivity contribution >= 4 is 5.78 Å². The van der Waals surface area contributed by atoms with Gasteiger partial charge < -0.3 is 10.1 Å². The molecule has 1 aliphatic rings. The summed E-state index contributed by atoms with van der Waals surface area (Å²) in [6, 6.07) is 3.17. The molecular formula is C13H15F2NO2. The summed E-state index contributed by atoms with van der Waals surface area (Å²) >= 11 is 0. The van der Waals surface area contributed by atoms with E-state index in [9.17, 15) is 13.6 Å². The van der Waals surface area contributed by atoms with Crippen LogP contribution in [0.25, 0.3) is 0 Å². The van der Waals surface area contributed by atoms with Gasteiger partial charge >= 0.3 is 0 Å². The van der Waals surface area contributed by atoms with E-state index in [1.807, 2.05) is 0 Å². The van der Waals surface area contributed by atoms with Gasteiger partial charge in [0.05, 0.1) is 12.6 Å². The molecule has 2 rings (SSSR count). The van der Waals surface area contributed by atoms with E-state index >= 15 is 0 Å². The zero-order chi connectivity index (χ0) is 13.0. The molecular weight excluding hydrogens is 240 g/mol. The molecule has 0 aromatic heterocycles. The van der Waals surface area contributed by atoms with Crippen molar-refractivity contribution < 1.29 is 18.3 Å². The number of carbonyl (C=O) groups is 1. The monoisotopic (exact) mass is 255 g/mol. The Morgan fingerprint density at radius 1 is 1.39 bits per heavy atom. The van der Waals surface area contributed by atoms with E-state index in [2.05, 4.69) is 5.32 Å². The van der Waals surface area contributed by atoms with Gasteiger partial charge in [0.25, 0.3) is 0 Å². The number of hydrogen-bond acceptors (Lipinski definition) is 3. The highest BCUT2D eigenvalue weighted by molar-refractivity contribution is 5.97. The number of hydrogen-bond donors (Lipinski definition) is 1. The van der Waals surface area contributed by atoms with Crippen LogP contribution < -0.4 is 5.32 Å². The highest BCUT2D eigenvalue weighted by Gasteiger charge is 2.15. The van der Waals surface area contributed by atoms with Crippen molar-refractivity contribution in [3.63, 3.8) is 0 Å². The molecule has 0 radical (unpaired) electrons. The molecule has 1 fully saturated rings. The maximum absolute atomic E-state index is 12.9. The molecule has 1 heterocycles. The lowest BCUT2D eigenvalue weighted by atomic mass is 10.1. The highest BCUT2D eigenvalue weighted by atomic mass is 19.2. The second-order valence-corrected chi connectivity index (χ2v) is 4.32. The number of ether oxygens (including phenoxy) is 1. The third kappa shape index (κ3) is 3.34. The minimum absolute atomic E-state index is 0.102. The van der Waals surface area contributed by atoms with Crippen molar-refractivity contribution in [1.29, 1.82) is 0 Å². The first-order valence-electron chi connectivity index (χ1n) is 5.97. The van der Waals surface area contributed by atoms with Crippen LogP contribution in [-0.2, 0) is 4.74 Å². The summed E-state index contributed by atoms with van der Waals surface area (Å²) in [4.78, 5) is 11.7. The summed E-state index contributed by atoms with van der Waals surface area (Å²) in [6.45, 7) is 1.48. The van der Waals surface area contributed by atoms with Crippen molar-refractivity contribution in [3.8, 4) is 0 Å². The zero-order valence-electron chi connectivity index (χ0n) is 9.92. The molecule has 0 saturated carbocycles. The van der Waals surface area contributed by atoms with Crippen molar-refractivity contribution in [2.45, 2.75) is 18.9 Å². The average molecular weight is 255 g/mol. The SMILES string of the molecule is O=C(CNCC1CCCO1)c1ccc(F)c(F)c1. The number of Topliss-reactive ketones (excluding diaryl/α,β-unsaturated/α-hetero) is 1. The summed E-state index contributed by atoms with van der Waals surface area (Å²) in [6.07, 6.45) is 2.19. The fraction of sp³-hybridized carbons (Fsp3) is 0.462. The quantitative estimate of drug-likeness (QED) is 0.817. The standard InChI is InChI=1S/C13H15F2NO2/c14-11-4-3-9(6-12(11)15)13(17)8-16-7-10-2-1-5-18-10/h3-4,6,10,16H,1-2,5,7-8H2. The van der Waals surface area contributed by atoms with Crippen molar-refractivity contribution in [2.75, 3.05) is 19.7 Å². The van der Waals surface area contributed by atoms with Gasteiger partial charge in [0.15, 0.2) is 17.4 Å². The van der Waals surface area contributed by atoms with E-state index in [0.717, 1.165) is 31.6 Å². The number of rotatable bonds is 5. The first-order chi connectivity index (χ1) is 8.66. The van der Waals surface area contributed by atoms with E-state index in [4.69, 9.17) is 4.74 Å². The molecule has 0 aliphatic carbocycles. The van der Waals surface area contributed by atoms with Crippen LogP contribution in [0.1, 0.15) is 23.2 Å². The molecule has 1 aromatic rings. The second-order valence-electron chi connectivity index (χ2n) is 4.32. The van der Waals surface area contributed by atoms with Gasteiger partial charge in [-0.1, -0.05) is 0 Å². The number of ketones is 1. The fourth-order valence-corrected chi connectivity index (χ4v) is 1.92. The predicted octanol–water partition coefficient (Wildman–Crippen LogP) is 1.92. The molecule has 1 aromatic carbocycles. The first kappa shape index (κ1) is 13.1. The molecule has 0 amide bonds. The minimum Gasteiger partial charge on any atom is -0.377 e. The van der Waals surface area contributed by atoms with Gasteiger partial charge in [-0.3, -0.25) is 4.79 Å². The number of carbonyl (C=O) groups excluding carboxylic acids is 1. The van der Waals surface area contributed by atoms with E-state index in [1.165, 1.54) is 6.07 Å². The van der Waals surface area contributed by atoms with Gasteiger partial charge in [0, 0.05) is 18.7 Å². The van der Waals surface area contributed by atoms with Gasteiger partial charge in [-0.25, -0.2) is 8.78 Å². The third-order valence-electron chi connectivity index (χ3n) is 2.92. The maximum atomic E-state index is 12.9.